The standard InChI is InChI=1S/C7H6IN3O/c8-4-2-1-3-5(4)10-7(9)11-6(3)12/h1-2,5H,(H3,9,10,11,12). The average Bonchev–Trinajstić information content (AvgIpc) is 2.33. The zero-order valence-corrected chi connectivity index (χ0v) is 8.20. The molecule has 0 aromatic carbocycles. The fourth-order valence-corrected chi connectivity index (χ4v) is 1.85. The van der Waals surface area contributed by atoms with Crippen molar-refractivity contribution in [2.75, 3.05) is 0 Å². The zero-order valence-electron chi connectivity index (χ0n) is 6.04. The molecule has 1 aliphatic carbocycles. The molecule has 0 aromatic rings. The van der Waals surface area contributed by atoms with Crippen LogP contribution < -0.4 is 11.1 Å². The first-order chi connectivity index (χ1) is 5.68. The number of rotatable bonds is 0. The highest BCUT2D eigenvalue weighted by molar-refractivity contribution is 14.1. The van der Waals surface area contributed by atoms with Gasteiger partial charge in [0.25, 0.3) is 5.91 Å². The van der Waals surface area contributed by atoms with Crippen molar-refractivity contribution >= 4 is 34.5 Å². The first-order valence-corrected chi connectivity index (χ1v) is 4.48. The summed E-state index contributed by atoms with van der Waals surface area (Å²) in [6.07, 6.45) is 3.65. The average molecular weight is 275 g/mol. The molecule has 1 unspecified atom stereocenters. The molecule has 4 nitrogen and oxygen atoms in total. The van der Waals surface area contributed by atoms with Crippen molar-refractivity contribution in [3.63, 3.8) is 0 Å². The molecule has 2 rings (SSSR count). The van der Waals surface area contributed by atoms with Crippen molar-refractivity contribution in [1.29, 1.82) is 0 Å². The number of fused-ring (bicyclic) bond motifs is 1. The van der Waals surface area contributed by atoms with Crippen LogP contribution in [0, 0.1) is 0 Å². The Bertz CT molecular complexity index is 343. The molecule has 1 amide bonds. The van der Waals surface area contributed by atoms with E-state index in [1.807, 2.05) is 6.08 Å². The molecule has 0 saturated carbocycles. The lowest BCUT2D eigenvalue weighted by Gasteiger charge is -2.17. The van der Waals surface area contributed by atoms with E-state index >= 15 is 0 Å². The van der Waals surface area contributed by atoms with Crippen LogP contribution in [0.5, 0.6) is 0 Å². The smallest absolute Gasteiger partial charge is 0.256 e. The molecule has 5 heteroatoms. The maximum Gasteiger partial charge on any atom is 0.256 e. The molecule has 1 atom stereocenters. The van der Waals surface area contributed by atoms with E-state index in [1.54, 1.807) is 6.08 Å². The van der Waals surface area contributed by atoms with Gasteiger partial charge in [0, 0.05) is 9.15 Å². The summed E-state index contributed by atoms with van der Waals surface area (Å²) in [4.78, 5) is 15.3. The van der Waals surface area contributed by atoms with Crippen LogP contribution in [0.25, 0.3) is 0 Å². The van der Waals surface area contributed by atoms with Gasteiger partial charge in [0.1, 0.15) is 6.04 Å². The van der Waals surface area contributed by atoms with Gasteiger partial charge >= 0.3 is 0 Å². The van der Waals surface area contributed by atoms with Crippen LogP contribution in [0.15, 0.2) is 26.3 Å². The predicted molar refractivity (Wildman–Crippen MR) is 53.7 cm³/mol. The Morgan fingerprint density at radius 1 is 1.58 bits per heavy atom. The second-order valence-electron chi connectivity index (χ2n) is 2.54. The Morgan fingerprint density at radius 3 is 3.08 bits per heavy atom. The van der Waals surface area contributed by atoms with Crippen molar-refractivity contribution in [3.05, 3.63) is 21.3 Å². The summed E-state index contributed by atoms with van der Waals surface area (Å²) >= 11 is 2.15. The van der Waals surface area contributed by atoms with Crippen molar-refractivity contribution in [2.24, 2.45) is 10.7 Å². The first kappa shape index (κ1) is 7.78. The van der Waals surface area contributed by atoms with Crippen LogP contribution >= 0.6 is 22.6 Å². The molecule has 0 fully saturated rings. The highest BCUT2D eigenvalue weighted by Gasteiger charge is 2.30. The number of halogens is 1. The second-order valence-corrected chi connectivity index (χ2v) is 3.79. The molecule has 3 N–H and O–H groups in total. The number of nitrogens with two attached hydrogens (primary N) is 1. The number of hydrogen-bond donors (Lipinski definition) is 2. The predicted octanol–water partition coefficient (Wildman–Crippen LogP) is 0.0584. The zero-order chi connectivity index (χ0) is 8.72. The Balaban J connectivity index is 2.43. The monoisotopic (exact) mass is 275 g/mol. The molecule has 1 heterocycles. The number of guanidine groups is 1. The number of aliphatic imine (C=N–C) groups is 1. The maximum absolute atomic E-state index is 11.3. The molecule has 1 aliphatic heterocycles. The second kappa shape index (κ2) is 2.58. The summed E-state index contributed by atoms with van der Waals surface area (Å²) in [5.41, 5.74) is 6.08. The Labute approximate surface area is 82.7 Å². The molecule has 0 radical (unpaired) electrons. The van der Waals surface area contributed by atoms with Gasteiger partial charge < -0.3 is 5.73 Å². The number of carbonyl (C=O) groups excluding carboxylic acids is 1. The van der Waals surface area contributed by atoms with Crippen LogP contribution in [0.1, 0.15) is 0 Å². The topological polar surface area (TPSA) is 67.5 Å². The van der Waals surface area contributed by atoms with E-state index in [0.29, 0.717) is 5.57 Å². The number of hydrogen-bond acceptors (Lipinski definition) is 3. The highest BCUT2D eigenvalue weighted by Crippen LogP contribution is 2.29. The van der Waals surface area contributed by atoms with Gasteiger partial charge in [0.05, 0.1) is 0 Å². The van der Waals surface area contributed by atoms with Crippen molar-refractivity contribution < 1.29 is 4.79 Å². The van der Waals surface area contributed by atoms with Crippen molar-refractivity contribution in [3.8, 4) is 0 Å². The largest absolute Gasteiger partial charge is 0.370 e. The summed E-state index contributed by atoms with van der Waals surface area (Å²) in [6.45, 7) is 0. The molecule has 0 spiro atoms. The van der Waals surface area contributed by atoms with Gasteiger partial charge in [-0.3, -0.25) is 10.1 Å². The van der Waals surface area contributed by atoms with E-state index in [0.717, 1.165) is 3.58 Å². The van der Waals surface area contributed by atoms with Crippen molar-refractivity contribution in [2.45, 2.75) is 6.04 Å². The third-order valence-electron chi connectivity index (χ3n) is 1.75. The fraction of sp³-hybridized carbons (Fsp3) is 0.143. The fourth-order valence-electron chi connectivity index (χ4n) is 1.19. The van der Waals surface area contributed by atoms with E-state index < -0.39 is 0 Å². The minimum atomic E-state index is -0.153. The molecule has 12 heavy (non-hydrogen) atoms. The van der Waals surface area contributed by atoms with Gasteiger partial charge in [-0.25, -0.2) is 4.99 Å². The third kappa shape index (κ3) is 1.04. The molecule has 0 saturated heterocycles. The lowest BCUT2D eigenvalue weighted by molar-refractivity contribution is -0.116. The molecule has 0 bridgehead atoms. The minimum absolute atomic E-state index is 0.143. The number of allylic oxidation sites excluding steroid dienone is 2. The summed E-state index contributed by atoms with van der Waals surface area (Å²) in [7, 11) is 0. The molecule has 2 aliphatic rings. The number of amides is 1. The van der Waals surface area contributed by atoms with Gasteiger partial charge in [0.15, 0.2) is 5.96 Å². The van der Waals surface area contributed by atoms with E-state index in [4.69, 9.17) is 5.73 Å². The summed E-state index contributed by atoms with van der Waals surface area (Å²) in [6, 6.07) is -0.153. The van der Waals surface area contributed by atoms with E-state index in [1.165, 1.54) is 0 Å². The Morgan fingerprint density at radius 2 is 2.33 bits per heavy atom. The van der Waals surface area contributed by atoms with E-state index in [-0.39, 0.29) is 17.9 Å². The quantitative estimate of drug-likeness (QED) is 0.614. The lowest BCUT2D eigenvalue weighted by Crippen LogP contribution is -2.44. The van der Waals surface area contributed by atoms with E-state index in [2.05, 4.69) is 32.9 Å². The van der Waals surface area contributed by atoms with Crippen LogP contribution in [-0.4, -0.2) is 17.9 Å². The summed E-state index contributed by atoms with van der Waals surface area (Å²) < 4.78 is 1.03. The molecule has 0 aromatic heterocycles. The van der Waals surface area contributed by atoms with Crippen LogP contribution in [0.3, 0.4) is 0 Å². The molecule has 62 valence electrons. The summed E-state index contributed by atoms with van der Waals surface area (Å²) in [5.74, 6) is 0.0574. The van der Waals surface area contributed by atoms with Gasteiger partial charge in [-0.2, -0.15) is 0 Å². The van der Waals surface area contributed by atoms with Gasteiger partial charge in [-0.1, -0.05) is 6.08 Å². The van der Waals surface area contributed by atoms with Crippen molar-refractivity contribution in [1.82, 2.24) is 5.32 Å². The normalized spacial score (nSPS) is 26.9. The van der Waals surface area contributed by atoms with Gasteiger partial charge in [-0.15, -0.1) is 0 Å². The summed E-state index contributed by atoms with van der Waals surface area (Å²) in [5, 5.41) is 2.46. The van der Waals surface area contributed by atoms with Crippen LogP contribution in [0.4, 0.5) is 0 Å². The van der Waals surface area contributed by atoms with Gasteiger partial charge in [0.2, 0.25) is 0 Å². The molecular weight excluding hydrogens is 269 g/mol. The number of nitrogens with zero attached hydrogens (tertiary/aromatic N) is 1. The molecular formula is C7H6IN3O. The Kier molecular flexibility index (Phi) is 1.67. The first-order valence-electron chi connectivity index (χ1n) is 3.40. The Hall–Kier alpha value is -0.850. The third-order valence-corrected chi connectivity index (χ3v) is 2.70. The van der Waals surface area contributed by atoms with Crippen LogP contribution in [-0.2, 0) is 4.79 Å². The minimum Gasteiger partial charge on any atom is -0.370 e. The number of nitrogens with one attached hydrogen (secondary N) is 1. The SMILES string of the molecule is NC1=NC2C(I)=CC=C2C(=O)N1. The highest BCUT2D eigenvalue weighted by atomic mass is 127. The lowest BCUT2D eigenvalue weighted by atomic mass is 10.1. The van der Waals surface area contributed by atoms with E-state index in [9.17, 15) is 4.79 Å². The maximum atomic E-state index is 11.3. The number of carbonyl (C=O) groups is 1. The van der Waals surface area contributed by atoms with Crippen LogP contribution in [0.2, 0.25) is 0 Å². The van der Waals surface area contributed by atoms with Gasteiger partial charge in [-0.05, 0) is 28.7 Å².